The van der Waals surface area contributed by atoms with Gasteiger partial charge in [0.2, 0.25) is 0 Å². The fourth-order valence-electron chi connectivity index (χ4n) is 7.39. The summed E-state index contributed by atoms with van der Waals surface area (Å²) in [6.07, 6.45) is 7.34. The molecule has 4 rings (SSSR count). The molecule has 7 atom stereocenters. The summed E-state index contributed by atoms with van der Waals surface area (Å²) < 4.78 is 0. The van der Waals surface area contributed by atoms with Crippen LogP contribution in [0.4, 0.5) is 0 Å². The van der Waals surface area contributed by atoms with E-state index in [1.54, 1.807) is 0 Å². The quantitative estimate of drug-likeness (QED) is 0.712. The highest BCUT2D eigenvalue weighted by atomic mass is 16.3. The van der Waals surface area contributed by atoms with Crippen LogP contribution in [0.2, 0.25) is 0 Å². The summed E-state index contributed by atoms with van der Waals surface area (Å²) in [5.74, 6) is 1.32. The maximum atomic E-state index is 11.9. The van der Waals surface area contributed by atoms with Crippen LogP contribution in [0.5, 0.6) is 0 Å². The molecule has 0 spiro atoms. The SMILES string of the molecule is C=C(C)[C@@]1(O)CC[C@@H]2[C@H]3CCC4=CC(=O)CC[C@@]4(C)[C@@H]3[C@@H](O)C[C@@]21C. The van der Waals surface area contributed by atoms with Gasteiger partial charge in [-0.2, -0.15) is 0 Å². The minimum Gasteiger partial charge on any atom is -0.393 e. The van der Waals surface area contributed by atoms with Gasteiger partial charge in [0.15, 0.2) is 5.78 Å². The van der Waals surface area contributed by atoms with E-state index in [0.717, 1.165) is 37.7 Å². The predicted molar refractivity (Wildman–Crippen MR) is 97.9 cm³/mol. The summed E-state index contributed by atoms with van der Waals surface area (Å²) in [7, 11) is 0. The van der Waals surface area contributed by atoms with Gasteiger partial charge in [-0.25, -0.2) is 0 Å². The number of carbonyl (C=O) groups excluding carboxylic acids is 1. The van der Waals surface area contributed by atoms with Crippen molar-refractivity contribution in [2.75, 3.05) is 0 Å². The van der Waals surface area contributed by atoms with Crippen LogP contribution in [-0.2, 0) is 4.79 Å². The molecule has 0 aliphatic heterocycles. The van der Waals surface area contributed by atoms with Gasteiger partial charge in [-0.05, 0) is 80.3 Å². The van der Waals surface area contributed by atoms with Crippen molar-refractivity contribution in [2.45, 2.75) is 77.4 Å². The second-order valence-electron chi connectivity index (χ2n) is 9.76. The summed E-state index contributed by atoms with van der Waals surface area (Å²) >= 11 is 0. The average molecular weight is 344 g/mol. The number of allylic oxidation sites excluding steroid dienone is 1. The molecule has 0 amide bonds. The average Bonchev–Trinajstić information content (AvgIpc) is 2.80. The Kier molecular flexibility index (Phi) is 3.70. The number of hydrogen-bond acceptors (Lipinski definition) is 3. The molecule has 0 saturated heterocycles. The molecule has 0 aromatic carbocycles. The van der Waals surface area contributed by atoms with E-state index < -0.39 is 11.7 Å². The number of hydrogen-bond donors (Lipinski definition) is 2. The third-order valence-electron chi connectivity index (χ3n) is 8.75. The monoisotopic (exact) mass is 344 g/mol. The van der Waals surface area contributed by atoms with Crippen LogP contribution in [0, 0.1) is 28.6 Å². The van der Waals surface area contributed by atoms with Gasteiger partial charge in [-0.15, -0.1) is 0 Å². The Labute approximate surface area is 151 Å². The molecule has 0 unspecified atom stereocenters. The number of carbonyl (C=O) groups is 1. The molecule has 0 aromatic rings. The Balaban J connectivity index is 1.75. The third kappa shape index (κ3) is 2.09. The van der Waals surface area contributed by atoms with E-state index in [1.807, 2.05) is 13.0 Å². The van der Waals surface area contributed by atoms with E-state index in [9.17, 15) is 15.0 Å². The van der Waals surface area contributed by atoms with E-state index >= 15 is 0 Å². The van der Waals surface area contributed by atoms with Gasteiger partial charge in [-0.1, -0.05) is 26.0 Å². The van der Waals surface area contributed by atoms with Gasteiger partial charge in [-0.3, -0.25) is 4.79 Å². The molecule has 0 bridgehead atoms. The topological polar surface area (TPSA) is 57.5 Å². The summed E-state index contributed by atoms with van der Waals surface area (Å²) in [5.41, 5.74) is 0.904. The third-order valence-corrected chi connectivity index (χ3v) is 8.75. The first-order valence-electron chi connectivity index (χ1n) is 9.94. The summed E-state index contributed by atoms with van der Waals surface area (Å²) in [5, 5.41) is 22.6. The first-order valence-corrected chi connectivity index (χ1v) is 9.94. The van der Waals surface area contributed by atoms with Gasteiger partial charge in [0.1, 0.15) is 0 Å². The van der Waals surface area contributed by atoms with Gasteiger partial charge in [0, 0.05) is 11.8 Å². The van der Waals surface area contributed by atoms with E-state index in [1.165, 1.54) is 5.57 Å². The van der Waals surface area contributed by atoms with E-state index in [4.69, 9.17) is 0 Å². The lowest BCUT2D eigenvalue weighted by Crippen LogP contribution is -2.60. The van der Waals surface area contributed by atoms with Gasteiger partial charge < -0.3 is 10.2 Å². The van der Waals surface area contributed by atoms with Gasteiger partial charge >= 0.3 is 0 Å². The van der Waals surface area contributed by atoms with Crippen LogP contribution in [0.1, 0.15) is 65.7 Å². The van der Waals surface area contributed by atoms with Crippen LogP contribution >= 0.6 is 0 Å². The number of aliphatic hydroxyl groups excluding tert-OH is 1. The van der Waals surface area contributed by atoms with Gasteiger partial charge in [0.05, 0.1) is 11.7 Å². The Hall–Kier alpha value is -0.930. The van der Waals surface area contributed by atoms with Crippen molar-refractivity contribution in [3.8, 4) is 0 Å². The van der Waals surface area contributed by atoms with Gasteiger partial charge in [0.25, 0.3) is 0 Å². The number of aliphatic hydroxyl groups is 2. The van der Waals surface area contributed by atoms with Crippen molar-refractivity contribution >= 4 is 5.78 Å². The smallest absolute Gasteiger partial charge is 0.155 e. The molecule has 138 valence electrons. The standard InChI is InChI=1S/C22H32O3/c1-13(2)22(25)10-8-17-16-6-5-14-11-15(23)7-9-20(14,3)19(16)18(24)12-21(17,22)4/h11,16-19,24-25H,1,5-10,12H2,2-4H3/t16-,17-,18+,19+,20-,21+,22+/m1/s1. The zero-order valence-corrected chi connectivity index (χ0v) is 15.8. The highest BCUT2D eigenvalue weighted by Gasteiger charge is 2.66. The fraction of sp³-hybridized carbons (Fsp3) is 0.773. The van der Waals surface area contributed by atoms with Crippen LogP contribution in [0.15, 0.2) is 23.8 Å². The minimum atomic E-state index is -0.858. The first-order chi connectivity index (χ1) is 11.6. The zero-order valence-electron chi connectivity index (χ0n) is 15.8. The van der Waals surface area contributed by atoms with Crippen LogP contribution in [0.3, 0.4) is 0 Å². The molecule has 2 N–H and O–H groups in total. The maximum absolute atomic E-state index is 11.9. The van der Waals surface area contributed by atoms with Crippen molar-refractivity contribution in [2.24, 2.45) is 28.6 Å². The number of rotatable bonds is 1. The number of fused-ring (bicyclic) bond motifs is 5. The summed E-state index contributed by atoms with van der Waals surface area (Å²) in [6.45, 7) is 10.5. The second-order valence-corrected chi connectivity index (χ2v) is 9.76. The molecule has 25 heavy (non-hydrogen) atoms. The lowest BCUT2D eigenvalue weighted by molar-refractivity contribution is -0.160. The van der Waals surface area contributed by atoms with E-state index in [2.05, 4.69) is 20.4 Å². The molecule has 0 heterocycles. The van der Waals surface area contributed by atoms with E-state index in [0.29, 0.717) is 24.7 Å². The van der Waals surface area contributed by atoms with Crippen molar-refractivity contribution in [3.63, 3.8) is 0 Å². The van der Waals surface area contributed by atoms with Crippen LogP contribution in [0.25, 0.3) is 0 Å². The Bertz CT molecular complexity index is 664. The molecule has 4 aliphatic carbocycles. The largest absolute Gasteiger partial charge is 0.393 e. The van der Waals surface area contributed by atoms with E-state index in [-0.39, 0.29) is 22.5 Å². The fourth-order valence-corrected chi connectivity index (χ4v) is 7.39. The highest BCUT2D eigenvalue weighted by Crippen LogP contribution is 2.68. The molecule has 3 heteroatoms. The lowest BCUT2D eigenvalue weighted by Gasteiger charge is -2.60. The molecular formula is C22H32O3. The Morgan fingerprint density at radius 3 is 2.64 bits per heavy atom. The molecular weight excluding hydrogens is 312 g/mol. The number of ketones is 1. The summed E-state index contributed by atoms with van der Waals surface area (Å²) in [6, 6.07) is 0. The van der Waals surface area contributed by atoms with Crippen molar-refractivity contribution < 1.29 is 15.0 Å². The molecule has 4 aliphatic rings. The van der Waals surface area contributed by atoms with Crippen LogP contribution < -0.4 is 0 Å². The normalized spacial score (nSPS) is 52.0. The second kappa shape index (κ2) is 5.29. The highest BCUT2D eigenvalue weighted by molar-refractivity contribution is 5.91. The summed E-state index contributed by atoms with van der Waals surface area (Å²) in [4.78, 5) is 11.9. The van der Waals surface area contributed by atoms with Crippen molar-refractivity contribution in [3.05, 3.63) is 23.8 Å². The van der Waals surface area contributed by atoms with Crippen molar-refractivity contribution in [1.82, 2.24) is 0 Å². The maximum Gasteiger partial charge on any atom is 0.155 e. The Morgan fingerprint density at radius 2 is 1.96 bits per heavy atom. The molecule has 3 nitrogen and oxygen atoms in total. The van der Waals surface area contributed by atoms with Crippen molar-refractivity contribution in [1.29, 1.82) is 0 Å². The molecule has 0 radical (unpaired) electrons. The molecule has 0 aromatic heterocycles. The first kappa shape index (κ1) is 17.5. The molecule has 3 fully saturated rings. The van der Waals surface area contributed by atoms with Crippen LogP contribution in [-0.4, -0.2) is 27.7 Å². The predicted octanol–water partition coefficient (Wildman–Crippen LogP) is 3.80. The Morgan fingerprint density at radius 1 is 1.24 bits per heavy atom. The minimum absolute atomic E-state index is 0.0541. The zero-order chi connectivity index (χ0) is 18.2. The lowest BCUT2D eigenvalue weighted by atomic mass is 9.45. The molecule has 3 saturated carbocycles.